The maximum absolute atomic E-state index is 12.3. The molecule has 0 aliphatic carbocycles. The lowest BCUT2D eigenvalue weighted by atomic mass is 10.2. The number of aromatic nitrogens is 1. The number of nitrogens with one attached hydrogen (secondary N) is 2. The van der Waals surface area contributed by atoms with Crippen LogP contribution in [0.1, 0.15) is 0 Å². The predicted octanol–water partition coefficient (Wildman–Crippen LogP) is 1.29. The Kier molecular flexibility index (Phi) is 4.26. The maximum Gasteiger partial charge on any atom is 0.263 e. The fraction of sp³-hybridized carbons (Fsp3) is 0.267. The molecular weight excluding hydrogens is 300 g/mol. The third-order valence-corrected chi connectivity index (χ3v) is 4.90. The monoisotopic (exact) mass is 318 g/mol. The zero-order chi connectivity index (χ0) is 15.4. The molecule has 0 unspecified atom stereocenters. The first-order valence-corrected chi connectivity index (χ1v) is 8.63. The van der Waals surface area contributed by atoms with Gasteiger partial charge in [0.05, 0.1) is 4.90 Å². The number of benzene rings is 1. The van der Waals surface area contributed by atoms with E-state index in [0.717, 1.165) is 31.9 Å². The van der Waals surface area contributed by atoms with E-state index >= 15 is 0 Å². The molecule has 3 rings (SSSR count). The van der Waals surface area contributed by atoms with Crippen molar-refractivity contribution in [3.05, 3.63) is 48.7 Å². The Morgan fingerprint density at radius 3 is 2.41 bits per heavy atom. The van der Waals surface area contributed by atoms with Gasteiger partial charge in [-0.15, -0.1) is 0 Å². The van der Waals surface area contributed by atoms with Crippen LogP contribution in [-0.4, -0.2) is 39.6 Å². The summed E-state index contributed by atoms with van der Waals surface area (Å²) in [6.45, 7) is 3.75. The van der Waals surface area contributed by atoms with Gasteiger partial charge in [0.25, 0.3) is 10.0 Å². The van der Waals surface area contributed by atoms with Gasteiger partial charge >= 0.3 is 0 Å². The van der Waals surface area contributed by atoms with Crippen molar-refractivity contribution in [3.63, 3.8) is 0 Å². The number of nitrogens with zero attached hydrogens (tertiary/aromatic N) is 2. The number of rotatable bonds is 4. The molecule has 1 aromatic carbocycles. The summed E-state index contributed by atoms with van der Waals surface area (Å²) in [5.74, 6) is 0.314. The van der Waals surface area contributed by atoms with E-state index in [9.17, 15) is 8.42 Å². The molecule has 0 amide bonds. The predicted molar refractivity (Wildman–Crippen MR) is 86.6 cm³/mol. The van der Waals surface area contributed by atoms with Crippen LogP contribution in [0.2, 0.25) is 0 Å². The van der Waals surface area contributed by atoms with Gasteiger partial charge in [-0.2, -0.15) is 0 Å². The standard InChI is InChI=1S/C15H18N4O2S/c20-22(21,18-15-3-1-2-8-17-15)14-6-4-13(5-7-14)19-11-9-16-10-12-19/h1-8,16H,9-12H2,(H,17,18). The molecule has 0 bridgehead atoms. The number of sulfonamides is 1. The molecule has 0 saturated carbocycles. The van der Waals surface area contributed by atoms with E-state index in [1.54, 1.807) is 36.5 Å². The quantitative estimate of drug-likeness (QED) is 0.889. The molecule has 1 aliphatic rings. The van der Waals surface area contributed by atoms with Crippen LogP contribution in [0.15, 0.2) is 53.6 Å². The molecule has 6 nitrogen and oxygen atoms in total. The second kappa shape index (κ2) is 6.33. The molecule has 0 spiro atoms. The van der Waals surface area contributed by atoms with E-state index < -0.39 is 10.0 Å². The SMILES string of the molecule is O=S(=O)(Nc1ccccn1)c1ccc(N2CCNCC2)cc1. The Morgan fingerprint density at radius 2 is 1.77 bits per heavy atom. The van der Waals surface area contributed by atoms with Gasteiger partial charge in [-0.05, 0) is 36.4 Å². The number of hydrogen-bond donors (Lipinski definition) is 2. The molecule has 1 saturated heterocycles. The summed E-state index contributed by atoms with van der Waals surface area (Å²) in [7, 11) is -3.60. The highest BCUT2D eigenvalue weighted by Gasteiger charge is 2.16. The van der Waals surface area contributed by atoms with Gasteiger partial charge in [-0.1, -0.05) is 6.07 Å². The van der Waals surface area contributed by atoms with Crippen molar-refractivity contribution in [3.8, 4) is 0 Å². The van der Waals surface area contributed by atoms with Gasteiger partial charge in [0, 0.05) is 38.1 Å². The summed E-state index contributed by atoms with van der Waals surface area (Å²) in [6.07, 6.45) is 1.55. The van der Waals surface area contributed by atoms with E-state index in [-0.39, 0.29) is 4.90 Å². The number of anilines is 2. The molecule has 1 aromatic heterocycles. The lowest BCUT2D eigenvalue weighted by Crippen LogP contribution is -2.43. The molecular formula is C15H18N4O2S. The summed E-state index contributed by atoms with van der Waals surface area (Å²) in [4.78, 5) is 6.44. The smallest absolute Gasteiger partial charge is 0.263 e. The van der Waals surface area contributed by atoms with Crippen molar-refractivity contribution in [2.45, 2.75) is 4.90 Å². The van der Waals surface area contributed by atoms with Gasteiger partial charge in [-0.25, -0.2) is 13.4 Å². The first-order chi connectivity index (χ1) is 10.6. The minimum atomic E-state index is -3.60. The molecule has 2 aromatic rings. The Balaban J connectivity index is 1.76. The van der Waals surface area contributed by atoms with Crippen LogP contribution >= 0.6 is 0 Å². The first-order valence-electron chi connectivity index (χ1n) is 7.15. The van der Waals surface area contributed by atoms with E-state index in [2.05, 4.69) is 19.9 Å². The largest absolute Gasteiger partial charge is 0.369 e. The van der Waals surface area contributed by atoms with Crippen LogP contribution in [-0.2, 0) is 10.0 Å². The summed E-state index contributed by atoms with van der Waals surface area (Å²) < 4.78 is 27.1. The average molecular weight is 318 g/mol. The zero-order valence-corrected chi connectivity index (χ0v) is 12.9. The van der Waals surface area contributed by atoms with E-state index in [0.29, 0.717) is 5.82 Å². The Labute approximate surface area is 130 Å². The Bertz CT molecular complexity index is 711. The molecule has 22 heavy (non-hydrogen) atoms. The molecule has 1 fully saturated rings. The van der Waals surface area contributed by atoms with Crippen LogP contribution in [0.4, 0.5) is 11.5 Å². The van der Waals surface area contributed by atoms with Gasteiger partial charge < -0.3 is 10.2 Å². The highest BCUT2D eigenvalue weighted by Crippen LogP contribution is 2.20. The van der Waals surface area contributed by atoms with Crippen LogP contribution < -0.4 is 14.9 Å². The highest BCUT2D eigenvalue weighted by molar-refractivity contribution is 7.92. The maximum atomic E-state index is 12.3. The van der Waals surface area contributed by atoms with Crippen molar-refractivity contribution >= 4 is 21.5 Å². The van der Waals surface area contributed by atoms with Crippen molar-refractivity contribution in [1.82, 2.24) is 10.3 Å². The molecule has 7 heteroatoms. The molecule has 1 aliphatic heterocycles. The second-order valence-electron chi connectivity index (χ2n) is 5.05. The third kappa shape index (κ3) is 3.37. The minimum Gasteiger partial charge on any atom is -0.369 e. The first kappa shape index (κ1) is 14.8. The average Bonchev–Trinajstić information content (AvgIpc) is 2.56. The van der Waals surface area contributed by atoms with E-state index in [1.165, 1.54) is 0 Å². The number of pyridine rings is 1. The van der Waals surface area contributed by atoms with Crippen molar-refractivity contribution in [2.24, 2.45) is 0 Å². The van der Waals surface area contributed by atoms with Crippen molar-refractivity contribution < 1.29 is 8.42 Å². The van der Waals surface area contributed by atoms with Crippen LogP contribution in [0, 0.1) is 0 Å². The zero-order valence-electron chi connectivity index (χ0n) is 12.1. The molecule has 2 N–H and O–H groups in total. The normalized spacial score (nSPS) is 15.5. The van der Waals surface area contributed by atoms with Gasteiger partial charge in [-0.3, -0.25) is 4.72 Å². The Morgan fingerprint density at radius 1 is 1.05 bits per heavy atom. The third-order valence-electron chi connectivity index (χ3n) is 3.53. The van der Waals surface area contributed by atoms with Crippen LogP contribution in [0.3, 0.4) is 0 Å². The topological polar surface area (TPSA) is 74.3 Å². The molecule has 0 radical (unpaired) electrons. The fourth-order valence-corrected chi connectivity index (χ4v) is 3.39. The van der Waals surface area contributed by atoms with E-state index in [4.69, 9.17) is 0 Å². The lowest BCUT2D eigenvalue weighted by Gasteiger charge is -2.29. The molecule has 0 atom stereocenters. The van der Waals surface area contributed by atoms with Gasteiger partial charge in [0.1, 0.15) is 5.82 Å². The fourth-order valence-electron chi connectivity index (χ4n) is 2.38. The minimum absolute atomic E-state index is 0.233. The van der Waals surface area contributed by atoms with Crippen molar-refractivity contribution in [2.75, 3.05) is 35.8 Å². The lowest BCUT2D eigenvalue weighted by molar-refractivity contribution is 0.588. The van der Waals surface area contributed by atoms with Gasteiger partial charge in [0.2, 0.25) is 0 Å². The molecule has 116 valence electrons. The van der Waals surface area contributed by atoms with E-state index in [1.807, 2.05) is 12.1 Å². The van der Waals surface area contributed by atoms with Crippen LogP contribution in [0.25, 0.3) is 0 Å². The Hall–Kier alpha value is -2.12. The molecule has 2 heterocycles. The number of piperazine rings is 1. The summed E-state index contributed by atoms with van der Waals surface area (Å²) in [5, 5.41) is 3.29. The summed E-state index contributed by atoms with van der Waals surface area (Å²) in [5.41, 5.74) is 1.04. The van der Waals surface area contributed by atoms with Crippen molar-refractivity contribution in [1.29, 1.82) is 0 Å². The van der Waals surface area contributed by atoms with Gasteiger partial charge in [0.15, 0.2) is 0 Å². The highest BCUT2D eigenvalue weighted by atomic mass is 32.2. The summed E-state index contributed by atoms with van der Waals surface area (Å²) >= 11 is 0. The summed E-state index contributed by atoms with van der Waals surface area (Å²) in [6, 6.07) is 12.0. The second-order valence-corrected chi connectivity index (χ2v) is 6.73. The van der Waals surface area contributed by atoms with Crippen LogP contribution in [0.5, 0.6) is 0 Å². The number of hydrogen-bond acceptors (Lipinski definition) is 5.